The highest BCUT2D eigenvalue weighted by atomic mass is 35.5. The van der Waals surface area contributed by atoms with Gasteiger partial charge in [0.2, 0.25) is 0 Å². The Morgan fingerprint density at radius 2 is 2.06 bits per heavy atom. The zero-order valence-electron chi connectivity index (χ0n) is 9.15. The molecule has 0 atom stereocenters. The number of rotatable bonds is 2. The molecule has 2 aromatic rings. The smallest absolute Gasteiger partial charge is 0.273 e. The predicted molar refractivity (Wildman–Crippen MR) is 58.8 cm³/mol. The fraction of sp³-hybridized carbons (Fsp3) is 0.300. The van der Waals surface area contributed by atoms with Crippen molar-refractivity contribution in [2.45, 2.75) is 12.8 Å². The molecule has 0 unspecified atom stereocenters. The van der Waals surface area contributed by atoms with E-state index in [4.69, 9.17) is 11.6 Å². The summed E-state index contributed by atoms with van der Waals surface area (Å²) in [5.74, 6) is -3.05. The number of hydrogen-bond donors (Lipinski definition) is 0. The van der Waals surface area contributed by atoms with Crippen molar-refractivity contribution in [3.63, 3.8) is 0 Å². The molecular weight excluding hydrogens is 250 g/mol. The fourth-order valence-electron chi connectivity index (χ4n) is 1.38. The van der Waals surface area contributed by atoms with Crippen LogP contribution in [0.1, 0.15) is 12.5 Å². The van der Waals surface area contributed by atoms with Crippen LogP contribution in [0.5, 0.6) is 0 Å². The number of halogens is 3. The predicted octanol–water partition coefficient (Wildman–Crippen LogP) is 2.64. The van der Waals surface area contributed by atoms with Gasteiger partial charge in [0, 0.05) is 25.7 Å². The number of hydrogen-bond acceptors (Lipinski definition) is 3. The molecule has 0 N–H and O–H groups in total. The lowest BCUT2D eigenvalue weighted by Gasteiger charge is -2.11. The van der Waals surface area contributed by atoms with Crippen LogP contribution in [0, 0.1) is 0 Å². The van der Waals surface area contributed by atoms with Crippen LogP contribution in [0.25, 0.3) is 11.3 Å². The number of aryl methyl sites for hydroxylation is 1. The molecule has 0 aromatic carbocycles. The van der Waals surface area contributed by atoms with E-state index >= 15 is 0 Å². The molecule has 2 rings (SSSR count). The molecule has 0 spiro atoms. The second-order valence-electron chi connectivity index (χ2n) is 3.73. The van der Waals surface area contributed by atoms with E-state index in [9.17, 15) is 8.78 Å². The Morgan fingerprint density at radius 3 is 2.59 bits per heavy atom. The molecule has 2 aromatic heterocycles. The summed E-state index contributed by atoms with van der Waals surface area (Å²) in [5.41, 5.74) is 0.592. The van der Waals surface area contributed by atoms with Gasteiger partial charge in [0.15, 0.2) is 5.15 Å². The standard InChI is InChI=1S/C10H9ClF2N4/c1-10(12,13)7-3-8(15-16-9(7)11)6-4-14-17(2)5-6/h3-5H,1-2H3. The Hall–Kier alpha value is -1.56. The molecule has 0 amide bonds. The van der Waals surface area contributed by atoms with Crippen LogP contribution < -0.4 is 0 Å². The normalized spacial score (nSPS) is 11.8. The maximum absolute atomic E-state index is 13.2. The summed E-state index contributed by atoms with van der Waals surface area (Å²) in [6.07, 6.45) is 3.19. The maximum atomic E-state index is 13.2. The molecule has 0 fully saturated rings. The first kappa shape index (κ1) is 11.9. The molecule has 17 heavy (non-hydrogen) atoms. The topological polar surface area (TPSA) is 43.6 Å². The summed E-state index contributed by atoms with van der Waals surface area (Å²) in [6, 6.07) is 1.23. The van der Waals surface area contributed by atoms with Crippen LogP contribution in [0.4, 0.5) is 8.78 Å². The van der Waals surface area contributed by atoms with Gasteiger partial charge in [0.05, 0.1) is 17.5 Å². The van der Waals surface area contributed by atoms with Gasteiger partial charge in [-0.05, 0) is 6.07 Å². The van der Waals surface area contributed by atoms with Crippen molar-refractivity contribution in [1.29, 1.82) is 0 Å². The Kier molecular flexibility index (Phi) is 2.82. The molecule has 90 valence electrons. The second kappa shape index (κ2) is 4.03. The van der Waals surface area contributed by atoms with Gasteiger partial charge in [0.1, 0.15) is 0 Å². The molecule has 2 heterocycles. The van der Waals surface area contributed by atoms with Gasteiger partial charge in [-0.3, -0.25) is 4.68 Å². The van der Waals surface area contributed by atoms with Crippen LogP contribution >= 0.6 is 11.6 Å². The van der Waals surface area contributed by atoms with Crippen molar-refractivity contribution in [2.75, 3.05) is 0 Å². The van der Waals surface area contributed by atoms with Gasteiger partial charge < -0.3 is 0 Å². The van der Waals surface area contributed by atoms with Crippen molar-refractivity contribution in [2.24, 2.45) is 7.05 Å². The Morgan fingerprint density at radius 1 is 1.35 bits per heavy atom. The summed E-state index contributed by atoms with van der Waals surface area (Å²) in [4.78, 5) is 0. The average molecular weight is 259 g/mol. The number of aromatic nitrogens is 4. The van der Waals surface area contributed by atoms with E-state index in [-0.39, 0.29) is 10.7 Å². The first-order chi connectivity index (χ1) is 7.88. The SMILES string of the molecule is Cn1cc(-c2cc(C(C)(F)F)c(Cl)nn2)cn1. The zero-order chi connectivity index (χ0) is 12.6. The summed E-state index contributed by atoms with van der Waals surface area (Å²) in [7, 11) is 1.72. The van der Waals surface area contributed by atoms with E-state index in [0.29, 0.717) is 11.3 Å². The van der Waals surface area contributed by atoms with Gasteiger partial charge in [-0.1, -0.05) is 11.6 Å². The first-order valence-corrected chi connectivity index (χ1v) is 5.16. The van der Waals surface area contributed by atoms with E-state index in [0.717, 1.165) is 6.92 Å². The minimum absolute atomic E-state index is 0.287. The molecule has 0 aliphatic carbocycles. The molecule has 0 aliphatic rings. The summed E-state index contributed by atoms with van der Waals surface area (Å²) in [6.45, 7) is 0.767. The summed E-state index contributed by atoms with van der Waals surface area (Å²) < 4.78 is 28.0. The van der Waals surface area contributed by atoms with Crippen LogP contribution in [0.3, 0.4) is 0 Å². The minimum Gasteiger partial charge on any atom is -0.275 e. The van der Waals surface area contributed by atoms with E-state index in [1.165, 1.54) is 12.3 Å². The lowest BCUT2D eigenvalue weighted by molar-refractivity contribution is 0.0171. The van der Waals surface area contributed by atoms with Crippen LogP contribution in [0.15, 0.2) is 18.5 Å². The number of nitrogens with zero attached hydrogens (tertiary/aromatic N) is 4. The van der Waals surface area contributed by atoms with Gasteiger partial charge in [-0.15, -0.1) is 10.2 Å². The van der Waals surface area contributed by atoms with E-state index in [1.54, 1.807) is 17.9 Å². The molecule has 0 radical (unpaired) electrons. The Bertz CT molecular complexity index is 547. The quantitative estimate of drug-likeness (QED) is 0.832. The first-order valence-electron chi connectivity index (χ1n) is 4.78. The van der Waals surface area contributed by atoms with Crippen molar-refractivity contribution in [3.05, 3.63) is 29.2 Å². The van der Waals surface area contributed by atoms with Crippen molar-refractivity contribution >= 4 is 11.6 Å². The molecule has 0 aliphatic heterocycles. The van der Waals surface area contributed by atoms with Gasteiger partial charge in [-0.25, -0.2) is 8.78 Å². The van der Waals surface area contributed by atoms with Crippen LogP contribution in [-0.2, 0) is 13.0 Å². The van der Waals surface area contributed by atoms with E-state index in [1.807, 2.05) is 0 Å². The molecule has 0 saturated heterocycles. The van der Waals surface area contributed by atoms with Crippen molar-refractivity contribution in [1.82, 2.24) is 20.0 Å². The van der Waals surface area contributed by atoms with Crippen molar-refractivity contribution < 1.29 is 8.78 Å². The van der Waals surface area contributed by atoms with Gasteiger partial charge in [-0.2, -0.15) is 5.10 Å². The van der Waals surface area contributed by atoms with Crippen LogP contribution in [0.2, 0.25) is 5.15 Å². The highest BCUT2D eigenvalue weighted by Crippen LogP contribution is 2.33. The summed E-state index contributed by atoms with van der Waals surface area (Å²) >= 11 is 5.60. The monoisotopic (exact) mass is 258 g/mol. The van der Waals surface area contributed by atoms with Crippen molar-refractivity contribution in [3.8, 4) is 11.3 Å². The van der Waals surface area contributed by atoms with Crippen LogP contribution in [-0.4, -0.2) is 20.0 Å². The summed E-state index contributed by atoms with van der Waals surface area (Å²) in [5, 5.41) is 10.9. The number of alkyl halides is 2. The van der Waals surface area contributed by atoms with Gasteiger partial charge in [0.25, 0.3) is 5.92 Å². The third-order valence-electron chi connectivity index (χ3n) is 2.22. The highest BCUT2D eigenvalue weighted by molar-refractivity contribution is 6.30. The maximum Gasteiger partial charge on any atom is 0.273 e. The third kappa shape index (κ3) is 2.41. The fourth-order valence-corrected chi connectivity index (χ4v) is 1.64. The molecule has 0 bridgehead atoms. The lowest BCUT2D eigenvalue weighted by Crippen LogP contribution is -2.10. The minimum atomic E-state index is -3.05. The average Bonchev–Trinajstić information content (AvgIpc) is 2.64. The molecule has 4 nitrogen and oxygen atoms in total. The second-order valence-corrected chi connectivity index (χ2v) is 4.08. The Balaban J connectivity index is 2.51. The zero-order valence-corrected chi connectivity index (χ0v) is 9.91. The largest absolute Gasteiger partial charge is 0.275 e. The molecule has 0 saturated carbocycles. The van der Waals surface area contributed by atoms with E-state index in [2.05, 4.69) is 15.3 Å². The van der Waals surface area contributed by atoms with Gasteiger partial charge >= 0.3 is 0 Å². The molecular formula is C10H9ClF2N4. The highest BCUT2D eigenvalue weighted by Gasteiger charge is 2.29. The Labute approximate surface area is 101 Å². The molecule has 7 heteroatoms. The van der Waals surface area contributed by atoms with E-state index < -0.39 is 5.92 Å². The third-order valence-corrected chi connectivity index (χ3v) is 2.50. The lowest BCUT2D eigenvalue weighted by atomic mass is 10.1.